The van der Waals surface area contributed by atoms with E-state index in [1.807, 2.05) is 0 Å². The summed E-state index contributed by atoms with van der Waals surface area (Å²) in [5, 5.41) is 0. The Morgan fingerprint density at radius 3 is 1.25 bits per heavy atom. The van der Waals surface area contributed by atoms with Gasteiger partial charge >= 0.3 is 59.1 Å². The normalized spacial score (nSPS) is 4.00. The predicted octanol–water partition coefficient (Wildman–Crippen LogP) is -6.77. The fourth-order valence-corrected chi connectivity index (χ4v) is 0. The van der Waals surface area contributed by atoms with Crippen molar-refractivity contribution in [3.63, 3.8) is 0 Å². The SMILES string of the molecule is CCl.O=[P+]([O-])[O-].[Na+].[Na+]. The molecule has 0 heterocycles. The second-order valence-corrected chi connectivity index (χ2v) is 0.671. The van der Waals surface area contributed by atoms with Crippen LogP contribution in [0, 0.1) is 0 Å². The van der Waals surface area contributed by atoms with Crippen LogP contribution in [0.3, 0.4) is 0 Å². The molecule has 38 valence electrons. The first-order valence-corrected chi connectivity index (χ1v) is 2.78. The van der Waals surface area contributed by atoms with Crippen molar-refractivity contribution in [1.82, 2.24) is 0 Å². The monoisotopic (exact) mass is 175 g/mol. The average molecular weight is 175 g/mol. The van der Waals surface area contributed by atoms with E-state index in [2.05, 4.69) is 11.6 Å². The maximum absolute atomic E-state index is 8.48. The molecular formula is CH3ClNa2O3P+. The zero-order chi connectivity index (χ0) is 5.58. The summed E-state index contributed by atoms with van der Waals surface area (Å²) in [4.78, 5) is 17.0. The van der Waals surface area contributed by atoms with E-state index in [1.54, 1.807) is 0 Å². The molecular weight excluding hydrogens is 172 g/mol. The van der Waals surface area contributed by atoms with E-state index in [1.165, 1.54) is 6.38 Å². The Labute approximate surface area is 98.3 Å². The van der Waals surface area contributed by atoms with Gasteiger partial charge in [-0.2, -0.15) is 0 Å². The molecule has 0 fully saturated rings. The molecule has 0 unspecified atom stereocenters. The Morgan fingerprint density at radius 2 is 1.25 bits per heavy atom. The Hall–Kier alpha value is 2.31. The van der Waals surface area contributed by atoms with Crippen molar-refractivity contribution >= 4 is 19.9 Å². The molecule has 0 aromatic carbocycles. The molecule has 0 aromatic heterocycles. The molecule has 0 bridgehead atoms. The van der Waals surface area contributed by atoms with Crippen LogP contribution >= 0.6 is 19.9 Å². The summed E-state index contributed by atoms with van der Waals surface area (Å²) in [5.41, 5.74) is 0. The Kier molecular flexibility index (Phi) is 64.0. The minimum absolute atomic E-state index is 0. The van der Waals surface area contributed by atoms with Gasteiger partial charge in [-0.15, -0.1) is 11.6 Å². The van der Waals surface area contributed by atoms with Gasteiger partial charge in [-0.05, 0) is 0 Å². The van der Waals surface area contributed by atoms with Gasteiger partial charge in [0.1, 0.15) is 0 Å². The first kappa shape index (κ1) is 22.4. The second kappa shape index (κ2) is 22.8. The van der Waals surface area contributed by atoms with Gasteiger partial charge in [0, 0.05) is 6.38 Å². The molecule has 0 saturated carbocycles. The molecule has 0 saturated heterocycles. The van der Waals surface area contributed by atoms with Crippen LogP contribution < -0.4 is 68.9 Å². The maximum Gasteiger partial charge on any atom is 1.00 e. The Morgan fingerprint density at radius 1 is 1.25 bits per heavy atom. The van der Waals surface area contributed by atoms with Crippen molar-refractivity contribution in [2.24, 2.45) is 0 Å². The smallest absolute Gasteiger partial charge is 0.598 e. The second-order valence-electron chi connectivity index (χ2n) is 0.224. The summed E-state index contributed by atoms with van der Waals surface area (Å²) in [6.07, 6.45) is 1.47. The number of rotatable bonds is 0. The first-order valence-electron chi connectivity index (χ1n) is 0.926. The van der Waals surface area contributed by atoms with Crippen LogP contribution in [0.15, 0.2) is 0 Å². The molecule has 0 N–H and O–H groups in total. The molecule has 0 aliphatic carbocycles. The van der Waals surface area contributed by atoms with Crippen LogP contribution in [0.1, 0.15) is 0 Å². The molecule has 7 heteroatoms. The van der Waals surface area contributed by atoms with Crippen molar-refractivity contribution in [1.29, 1.82) is 0 Å². The third kappa shape index (κ3) is 83.2. The predicted molar refractivity (Wildman–Crippen MR) is 19.4 cm³/mol. The molecule has 8 heavy (non-hydrogen) atoms. The zero-order valence-electron chi connectivity index (χ0n) is 5.05. The number of alkyl halides is 1. The van der Waals surface area contributed by atoms with E-state index < -0.39 is 8.25 Å². The zero-order valence-corrected chi connectivity index (χ0v) is 10.7. The van der Waals surface area contributed by atoms with Gasteiger partial charge in [0.05, 0.1) is 0 Å². The van der Waals surface area contributed by atoms with Crippen molar-refractivity contribution in [3.05, 3.63) is 0 Å². The molecule has 0 atom stereocenters. The molecule has 3 nitrogen and oxygen atoms in total. The quantitative estimate of drug-likeness (QED) is 0.209. The van der Waals surface area contributed by atoms with E-state index in [-0.39, 0.29) is 59.1 Å². The standard InChI is InChI=1S/CH3Cl.2Na.HO3P/c1-2;;;1-4(2)3/h1H3;;;(H,1,2,3)/q;2*+1;/p-1. The molecule has 0 aliphatic rings. The van der Waals surface area contributed by atoms with Crippen molar-refractivity contribution in [2.75, 3.05) is 6.38 Å². The Balaban J connectivity index is -0.0000000183. The summed E-state index contributed by atoms with van der Waals surface area (Å²) in [6.45, 7) is 0. The summed E-state index contributed by atoms with van der Waals surface area (Å²) in [5.74, 6) is 0. The van der Waals surface area contributed by atoms with Gasteiger partial charge in [0.15, 0.2) is 0 Å². The van der Waals surface area contributed by atoms with Crippen LogP contribution in [0.2, 0.25) is 0 Å². The summed E-state index contributed by atoms with van der Waals surface area (Å²) in [6, 6.07) is 0. The molecule has 0 radical (unpaired) electrons. The number of hydrogen-bond acceptors (Lipinski definition) is 3. The fraction of sp³-hybridized carbons (Fsp3) is 1.00. The minimum atomic E-state index is -3.37. The van der Waals surface area contributed by atoms with E-state index in [0.29, 0.717) is 0 Å². The van der Waals surface area contributed by atoms with Gasteiger partial charge in [-0.3, -0.25) is 0 Å². The van der Waals surface area contributed by atoms with Crippen LogP contribution in [0.25, 0.3) is 0 Å². The molecule has 0 aliphatic heterocycles. The molecule has 0 spiro atoms. The van der Waals surface area contributed by atoms with Gasteiger partial charge in [-0.25, -0.2) is 0 Å². The molecule has 0 amide bonds. The topological polar surface area (TPSA) is 63.2 Å². The van der Waals surface area contributed by atoms with Gasteiger partial charge in [0.25, 0.3) is 8.25 Å². The average Bonchev–Trinajstić information content (AvgIpc) is 1.41. The van der Waals surface area contributed by atoms with Gasteiger partial charge in [0.2, 0.25) is 0 Å². The Bertz CT molecular complexity index is 40.3. The fourth-order valence-electron chi connectivity index (χ4n) is 0. The van der Waals surface area contributed by atoms with E-state index in [4.69, 9.17) is 14.4 Å². The number of halogens is 1. The summed E-state index contributed by atoms with van der Waals surface area (Å²) < 4.78 is 8.48. The molecule has 0 aromatic rings. The van der Waals surface area contributed by atoms with Crippen molar-refractivity contribution in [2.45, 2.75) is 0 Å². The van der Waals surface area contributed by atoms with Crippen molar-refractivity contribution < 1.29 is 73.5 Å². The van der Waals surface area contributed by atoms with Gasteiger partial charge < -0.3 is 9.79 Å². The third-order valence-corrected chi connectivity index (χ3v) is 0. The minimum Gasteiger partial charge on any atom is -0.598 e. The third-order valence-electron chi connectivity index (χ3n) is 0. The molecule has 0 rings (SSSR count). The van der Waals surface area contributed by atoms with Gasteiger partial charge in [-0.1, -0.05) is 4.57 Å². The van der Waals surface area contributed by atoms with Crippen LogP contribution in [0.4, 0.5) is 0 Å². The van der Waals surface area contributed by atoms with Crippen LogP contribution in [0.5, 0.6) is 0 Å². The van der Waals surface area contributed by atoms with E-state index >= 15 is 0 Å². The van der Waals surface area contributed by atoms with Crippen LogP contribution in [-0.4, -0.2) is 6.38 Å². The maximum atomic E-state index is 8.48. The van der Waals surface area contributed by atoms with E-state index in [9.17, 15) is 0 Å². The van der Waals surface area contributed by atoms with Crippen molar-refractivity contribution in [3.8, 4) is 0 Å². The summed E-state index contributed by atoms with van der Waals surface area (Å²) in [7, 11) is -3.37. The van der Waals surface area contributed by atoms with Crippen LogP contribution in [-0.2, 0) is 4.57 Å². The number of hydrogen-bond donors (Lipinski definition) is 0. The van der Waals surface area contributed by atoms with E-state index in [0.717, 1.165) is 0 Å². The largest absolute Gasteiger partial charge is 1.00 e. The first-order chi connectivity index (χ1) is 2.73. The summed E-state index contributed by atoms with van der Waals surface area (Å²) >= 11 is 4.64.